The van der Waals surface area contributed by atoms with Gasteiger partial charge in [0.15, 0.2) is 0 Å². The van der Waals surface area contributed by atoms with Crippen molar-refractivity contribution in [1.29, 1.82) is 0 Å². The largest absolute Gasteiger partial charge is 0.479 e. The molecule has 0 radical (unpaired) electrons. The molecule has 27 heavy (non-hydrogen) atoms. The summed E-state index contributed by atoms with van der Waals surface area (Å²) >= 11 is 0. The first-order valence-corrected chi connectivity index (χ1v) is 8.69. The number of hydrogen-bond acceptors (Lipinski definition) is 6. The number of benzene rings is 1. The molecule has 3 rings (SSSR count). The molecule has 2 heterocycles. The lowest BCUT2D eigenvalue weighted by Crippen LogP contribution is -2.49. The van der Waals surface area contributed by atoms with Gasteiger partial charge in [-0.25, -0.2) is 9.97 Å². The third-order valence-corrected chi connectivity index (χ3v) is 4.35. The van der Waals surface area contributed by atoms with Crippen LogP contribution in [0.3, 0.4) is 0 Å². The second-order valence-corrected chi connectivity index (χ2v) is 6.16. The van der Waals surface area contributed by atoms with Crippen LogP contribution in [0.4, 0.5) is 0 Å². The van der Waals surface area contributed by atoms with Gasteiger partial charge in [0.2, 0.25) is 11.8 Å². The minimum absolute atomic E-state index is 0.0182. The zero-order valence-electron chi connectivity index (χ0n) is 15.3. The number of carbonyl (C=O) groups is 2. The van der Waals surface area contributed by atoms with Gasteiger partial charge in [-0.05, 0) is 12.1 Å². The van der Waals surface area contributed by atoms with E-state index in [0.717, 1.165) is 5.56 Å². The number of nitrogens with one attached hydrogen (secondary N) is 1. The minimum atomic E-state index is -0.199. The average molecular weight is 370 g/mol. The molecule has 1 aromatic carbocycles. The van der Waals surface area contributed by atoms with E-state index in [9.17, 15) is 9.59 Å². The van der Waals surface area contributed by atoms with Crippen molar-refractivity contribution in [2.24, 2.45) is 0 Å². The average Bonchev–Trinajstić information content (AvgIpc) is 2.72. The molecular formula is C19H22N4O4. The van der Waals surface area contributed by atoms with E-state index in [1.165, 1.54) is 14.0 Å². The normalized spacial score (nSPS) is 16.7. The lowest BCUT2D eigenvalue weighted by Gasteiger charge is -2.32. The first-order valence-electron chi connectivity index (χ1n) is 8.69. The highest BCUT2D eigenvalue weighted by atomic mass is 16.5. The van der Waals surface area contributed by atoms with Crippen LogP contribution in [-0.2, 0) is 9.53 Å². The molecule has 1 aliphatic heterocycles. The van der Waals surface area contributed by atoms with Crippen molar-refractivity contribution in [2.45, 2.75) is 13.0 Å². The molecule has 2 amide bonds. The highest BCUT2D eigenvalue weighted by molar-refractivity contribution is 5.94. The van der Waals surface area contributed by atoms with Crippen LogP contribution in [0, 0.1) is 0 Å². The molecule has 1 atom stereocenters. The summed E-state index contributed by atoms with van der Waals surface area (Å²) in [7, 11) is 1.54. The van der Waals surface area contributed by atoms with Gasteiger partial charge in [0.1, 0.15) is 5.69 Å². The summed E-state index contributed by atoms with van der Waals surface area (Å²) in [5, 5.41) is 2.86. The molecule has 1 aromatic heterocycles. The minimum Gasteiger partial charge on any atom is -0.479 e. The van der Waals surface area contributed by atoms with Crippen molar-refractivity contribution in [2.75, 3.05) is 33.4 Å². The number of carbonyl (C=O) groups excluding carboxylic acids is 2. The van der Waals surface area contributed by atoms with Crippen molar-refractivity contribution in [1.82, 2.24) is 20.2 Å². The van der Waals surface area contributed by atoms with Crippen molar-refractivity contribution in [3.63, 3.8) is 0 Å². The number of methoxy groups -OCH3 is 1. The smallest absolute Gasteiger partial charge is 0.251 e. The second-order valence-electron chi connectivity index (χ2n) is 6.16. The van der Waals surface area contributed by atoms with E-state index in [4.69, 9.17) is 9.47 Å². The quantitative estimate of drug-likeness (QED) is 0.848. The highest BCUT2D eigenvalue weighted by Crippen LogP contribution is 2.25. The molecular weight excluding hydrogens is 348 g/mol. The summed E-state index contributed by atoms with van der Waals surface area (Å²) in [5.41, 5.74) is 1.96. The van der Waals surface area contributed by atoms with Gasteiger partial charge in [0.05, 0.1) is 19.8 Å². The van der Waals surface area contributed by atoms with Crippen molar-refractivity contribution < 1.29 is 19.1 Å². The first-order chi connectivity index (χ1) is 13.1. The third kappa shape index (κ3) is 4.59. The summed E-state index contributed by atoms with van der Waals surface area (Å²) in [4.78, 5) is 34.0. The zero-order valence-corrected chi connectivity index (χ0v) is 15.3. The Morgan fingerprint density at radius 3 is 2.70 bits per heavy atom. The lowest BCUT2D eigenvalue weighted by atomic mass is 10.1. The van der Waals surface area contributed by atoms with Crippen molar-refractivity contribution >= 4 is 11.8 Å². The fourth-order valence-corrected chi connectivity index (χ4v) is 2.89. The topological polar surface area (TPSA) is 93.6 Å². The summed E-state index contributed by atoms with van der Waals surface area (Å²) < 4.78 is 10.8. The van der Waals surface area contributed by atoms with Gasteiger partial charge < -0.3 is 19.7 Å². The number of nitrogens with zero attached hydrogens (tertiary/aromatic N) is 3. The van der Waals surface area contributed by atoms with Crippen LogP contribution in [-0.4, -0.2) is 66.1 Å². The molecule has 0 saturated carbocycles. The monoisotopic (exact) mass is 370 g/mol. The van der Waals surface area contributed by atoms with E-state index in [1.54, 1.807) is 41.6 Å². The maximum absolute atomic E-state index is 12.4. The van der Waals surface area contributed by atoms with Gasteiger partial charge >= 0.3 is 0 Å². The molecule has 1 fully saturated rings. The first kappa shape index (κ1) is 18.8. The molecule has 2 aromatic rings. The molecule has 8 heteroatoms. The summed E-state index contributed by atoms with van der Waals surface area (Å²) in [6.45, 7) is 3.44. The third-order valence-electron chi connectivity index (χ3n) is 4.35. The van der Waals surface area contributed by atoms with Gasteiger partial charge in [-0.15, -0.1) is 0 Å². The number of aromatic nitrogens is 2. The molecule has 8 nitrogen and oxygen atoms in total. The molecule has 0 bridgehead atoms. The number of rotatable bonds is 5. The number of hydrogen-bond donors (Lipinski definition) is 1. The van der Waals surface area contributed by atoms with Crippen LogP contribution >= 0.6 is 0 Å². The van der Waals surface area contributed by atoms with Crippen molar-refractivity contribution in [3.05, 3.63) is 42.2 Å². The Hall–Kier alpha value is -3.00. The van der Waals surface area contributed by atoms with E-state index in [0.29, 0.717) is 43.4 Å². The molecule has 142 valence electrons. The van der Waals surface area contributed by atoms with Gasteiger partial charge in [-0.1, -0.05) is 12.1 Å². The summed E-state index contributed by atoms with van der Waals surface area (Å²) in [6.07, 6.45) is 2.95. The SMILES string of the molecule is COc1nccnc1-c1ccc(C(=O)NC[C@@H]2CN(C(C)=O)CCO2)cc1. The van der Waals surface area contributed by atoms with Crippen LogP contribution in [0.25, 0.3) is 11.3 Å². The Labute approximate surface area is 157 Å². The Morgan fingerprint density at radius 2 is 2.00 bits per heavy atom. The highest BCUT2D eigenvalue weighted by Gasteiger charge is 2.22. The predicted octanol–water partition coefficient (Wildman–Crippen LogP) is 1.13. The van der Waals surface area contributed by atoms with E-state index < -0.39 is 0 Å². The Morgan fingerprint density at radius 1 is 1.26 bits per heavy atom. The maximum atomic E-state index is 12.4. The predicted molar refractivity (Wildman–Crippen MR) is 98.3 cm³/mol. The number of amides is 2. The number of morpholine rings is 1. The standard InChI is InChI=1S/C19H22N4O4/c1-13(24)23-9-10-27-16(12-23)11-22-18(25)15-5-3-14(4-6-15)17-19(26-2)21-8-7-20-17/h3-8,16H,9-12H2,1-2H3,(H,22,25)/t16-/m1/s1. The summed E-state index contributed by atoms with van der Waals surface area (Å²) in [6, 6.07) is 7.05. The zero-order chi connectivity index (χ0) is 19.2. The van der Waals surface area contributed by atoms with Crippen LogP contribution < -0.4 is 10.1 Å². The Balaban J connectivity index is 1.60. The fourth-order valence-electron chi connectivity index (χ4n) is 2.89. The van der Waals surface area contributed by atoms with Gasteiger partial charge in [-0.2, -0.15) is 0 Å². The molecule has 0 aliphatic carbocycles. The maximum Gasteiger partial charge on any atom is 0.251 e. The number of ether oxygens (including phenoxy) is 2. The van der Waals surface area contributed by atoms with E-state index in [1.807, 2.05) is 0 Å². The van der Waals surface area contributed by atoms with Gasteiger partial charge in [0, 0.05) is 50.1 Å². The second kappa shape index (κ2) is 8.59. The van der Waals surface area contributed by atoms with Crippen LogP contribution in [0.15, 0.2) is 36.7 Å². The van der Waals surface area contributed by atoms with Crippen molar-refractivity contribution in [3.8, 4) is 17.1 Å². The molecule has 1 aliphatic rings. The van der Waals surface area contributed by atoms with Gasteiger partial charge in [0.25, 0.3) is 5.91 Å². The van der Waals surface area contributed by atoms with Crippen LogP contribution in [0.1, 0.15) is 17.3 Å². The lowest BCUT2D eigenvalue weighted by molar-refractivity contribution is -0.136. The van der Waals surface area contributed by atoms with E-state index >= 15 is 0 Å². The fraction of sp³-hybridized carbons (Fsp3) is 0.368. The van der Waals surface area contributed by atoms with E-state index in [-0.39, 0.29) is 17.9 Å². The molecule has 1 saturated heterocycles. The summed E-state index contributed by atoms with van der Waals surface area (Å²) in [5.74, 6) is 0.250. The molecule has 0 unspecified atom stereocenters. The Bertz CT molecular complexity index is 810. The van der Waals surface area contributed by atoms with Gasteiger partial charge in [-0.3, -0.25) is 9.59 Å². The molecule has 0 spiro atoms. The Kier molecular flexibility index (Phi) is 5.97. The van der Waals surface area contributed by atoms with Crippen LogP contribution in [0.5, 0.6) is 5.88 Å². The van der Waals surface area contributed by atoms with E-state index in [2.05, 4.69) is 15.3 Å². The molecule has 1 N–H and O–H groups in total. The van der Waals surface area contributed by atoms with Crippen LogP contribution in [0.2, 0.25) is 0 Å².